The normalized spacial score (nSPS) is 20.2. The molecule has 6 heteroatoms. The number of nitrogens with two attached hydrogens (primary N) is 1. The van der Waals surface area contributed by atoms with Gasteiger partial charge in [0.05, 0.1) is 12.6 Å². The summed E-state index contributed by atoms with van der Waals surface area (Å²) in [5, 5.41) is 2.30. The number of imide groups is 1. The number of hydrogen-bond acceptors (Lipinski definition) is 5. The zero-order chi connectivity index (χ0) is 13.8. The van der Waals surface area contributed by atoms with E-state index in [1.165, 1.54) is 0 Å². The molecule has 0 aromatic heterocycles. The highest BCUT2D eigenvalue weighted by molar-refractivity contribution is 6.00. The monoisotopic (exact) mass is 263 g/mol. The molecule has 6 nitrogen and oxygen atoms in total. The van der Waals surface area contributed by atoms with E-state index >= 15 is 0 Å². The van der Waals surface area contributed by atoms with Gasteiger partial charge in [0.15, 0.2) is 0 Å². The van der Waals surface area contributed by atoms with Crippen LogP contribution in [-0.4, -0.2) is 42.5 Å². The third-order valence-electron chi connectivity index (χ3n) is 3.06. The van der Waals surface area contributed by atoms with Crippen LogP contribution in [-0.2, 0) is 9.59 Å². The third-order valence-corrected chi connectivity index (χ3v) is 3.06. The number of nitrogens with zero attached hydrogens (tertiary/aromatic N) is 1. The molecule has 1 saturated heterocycles. The molecule has 1 unspecified atom stereocenters. The Labute approximate surface area is 111 Å². The molecule has 1 aromatic rings. The summed E-state index contributed by atoms with van der Waals surface area (Å²) in [6.07, 6.45) is 0. The van der Waals surface area contributed by atoms with E-state index in [-0.39, 0.29) is 24.4 Å². The lowest BCUT2D eigenvalue weighted by molar-refractivity contribution is -0.139. The van der Waals surface area contributed by atoms with Crippen LogP contribution in [0.1, 0.15) is 6.92 Å². The number of anilines is 1. The van der Waals surface area contributed by atoms with Gasteiger partial charge in [0.1, 0.15) is 12.4 Å². The van der Waals surface area contributed by atoms with E-state index in [1.54, 1.807) is 36.1 Å². The number of carbonyl (C=O) groups is 2. The highest BCUT2D eigenvalue weighted by Gasteiger charge is 2.29. The number of amides is 2. The standard InChI is InChI=1S/C13H17N3O3/c1-9-13(18)15-12(17)8-16(9)6-7-19-11-4-2-10(14)3-5-11/h2-5,9H,6-8,14H2,1H3,(H,15,17,18). The molecule has 0 spiro atoms. The van der Waals surface area contributed by atoms with Crippen molar-refractivity contribution in [1.82, 2.24) is 10.2 Å². The van der Waals surface area contributed by atoms with Crippen LogP contribution < -0.4 is 15.8 Å². The Morgan fingerprint density at radius 3 is 2.74 bits per heavy atom. The average molecular weight is 263 g/mol. The second-order valence-electron chi connectivity index (χ2n) is 4.48. The number of rotatable bonds is 4. The maximum Gasteiger partial charge on any atom is 0.243 e. The Morgan fingerprint density at radius 1 is 1.37 bits per heavy atom. The summed E-state index contributed by atoms with van der Waals surface area (Å²) in [5.74, 6) is 0.189. The lowest BCUT2D eigenvalue weighted by atomic mass is 10.2. The smallest absolute Gasteiger partial charge is 0.243 e. The van der Waals surface area contributed by atoms with Crippen LogP contribution in [0.2, 0.25) is 0 Å². The van der Waals surface area contributed by atoms with E-state index in [4.69, 9.17) is 10.5 Å². The Balaban J connectivity index is 1.83. The Bertz CT molecular complexity index is 473. The van der Waals surface area contributed by atoms with E-state index in [9.17, 15) is 9.59 Å². The van der Waals surface area contributed by atoms with Crippen molar-refractivity contribution in [2.45, 2.75) is 13.0 Å². The molecule has 0 aliphatic carbocycles. The maximum absolute atomic E-state index is 11.5. The summed E-state index contributed by atoms with van der Waals surface area (Å²) < 4.78 is 5.54. The molecule has 3 N–H and O–H groups in total. The van der Waals surface area contributed by atoms with Gasteiger partial charge in [-0.05, 0) is 31.2 Å². The van der Waals surface area contributed by atoms with Gasteiger partial charge in [-0.2, -0.15) is 0 Å². The summed E-state index contributed by atoms with van der Waals surface area (Å²) in [5.41, 5.74) is 6.26. The van der Waals surface area contributed by atoms with E-state index in [2.05, 4.69) is 5.32 Å². The molecule has 0 saturated carbocycles. The molecule has 2 amide bonds. The van der Waals surface area contributed by atoms with E-state index in [0.717, 1.165) is 5.75 Å². The largest absolute Gasteiger partial charge is 0.492 e. The first kappa shape index (κ1) is 13.4. The van der Waals surface area contributed by atoms with Crippen molar-refractivity contribution in [2.75, 3.05) is 25.4 Å². The molecule has 1 aromatic carbocycles. The minimum Gasteiger partial charge on any atom is -0.492 e. The molecule has 2 rings (SSSR count). The van der Waals surface area contributed by atoms with Gasteiger partial charge in [-0.15, -0.1) is 0 Å². The Kier molecular flexibility index (Phi) is 4.01. The minimum atomic E-state index is -0.312. The van der Waals surface area contributed by atoms with Crippen LogP contribution in [0.15, 0.2) is 24.3 Å². The van der Waals surface area contributed by atoms with E-state index in [1.807, 2.05) is 0 Å². The fraction of sp³-hybridized carbons (Fsp3) is 0.385. The zero-order valence-electron chi connectivity index (χ0n) is 10.8. The van der Waals surface area contributed by atoms with Crippen LogP contribution in [0, 0.1) is 0 Å². The lowest BCUT2D eigenvalue weighted by Crippen LogP contribution is -2.57. The number of piperazine rings is 1. The number of ether oxygens (including phenoxy) is 1. The highest BCUT2D eigenvalue weighted by Crippen LogP contribution is 2.13. The Hall–Kier alpha value is -2.08. The van der Waals surface area contributed by atoms with Crippen molar-refractivity contribution < 1.29 is 14.3 Å². The summed E-state index contributed by atoms with van der Waals surface area (Å²) in [4.78, 5) is 24.5. The first-order valence-electron chi connectivity index (χ1n) is 6.12. The van der Waals surface area contributed by atoms with Gasteiger partial charge in [-0.3, -0.25) is 19.8 Å². The number of benzene rings is 1. The summed E-state index contributed by atoms with van der Waals surface area (Å²) in [6, 6.07) is 6.78. The van der Waals surface area contributed by atoms with Crippen LogP contribution in [0.25, 0.3) is 0 Å². The average Bonchev–Trinajstić information content (AvgIpc) is 2.37. The summed E-state index contributed by atoms with van der Waals surface area (Å²) in [6.45, 7) is 2.92. The fourth-order valence-electron chi connectivity index (χ4n) is 1.89. The van der Waals surface area contributed by atoms with Gasteiger partial charge in [0.25, 0.3) is 0 Å². The quantitative estimate of drug-likeness (QED) is 0.590. The predicted octanol–water partition coefficient (Wildman–Crippen LogP) is -0.00550. The van der Waals surface area contributed by atoms with Gasteiger partial charge in [-0.1, -0.05) is 0 Å². The van der Waals surface area contributed by atoms with Gasteiger partial charge < -0.3 is 10.5 Å². The van der Waals surface area contributed by atoms with Gasteiger partial charge in [0.2, 0.25) is 11.8 Å². The molecule has 0 radical (unpaired) electrons. The number of nitrogen functional groups attached to an aromatic ring is 1. The van der Waals surface area contributed by atoms with Gasteiger partial charge in [0, 0.05) is 12.2 Å². The second-order valence-corrected chi connectivity index (χ2v) is 4.48. The molecule has 0 bridgehead atoms. The number of nitrogens with one attached hydrogen (secondary N) is 1. The number of carbonyl (C=O) groups excluding carboxylic acids is 2. The molecule has 1 atom stereocenters. The van der Waals surface area contributed by atoms with E-state index in [0.29, 0.717) is 18.8 Å². The zero-order valence-corrected chi connectivity index (χ0v) is 10.8. The molecule has 1 aliphatic heterocycles. The topological polar surface area (TPSA) is 84.7 Å². The van der Waals surface area contributed by atoms with Crippen molar-refractivity contribution in [1.29, 1.82) is 0 Å². The predicted molar refractivity (Wildman–Crippen MR) is 70.5 cm³/mol. The van der Waals surface area contributed by atoms with Crippen molar-refractivity contribution in [3.8, 4) is 5.75 Å². The molecule has 19 heavy (non-hydrogen) atoms. The van der Waals surface area contributed by atoms with Crippen molar-refractivity contribution in [3.05, 3.63) is 24.3 Å². The molecule has 102 valence electrons. The highest BCUT2D eigenvalue weighted by atomic mass is 16.5. The third kappa shape index (κ3) is 3.45. The van der Waals surface area contributed by atoms with Gasteiger partial charge >= 0.3 is 0 Å². The number of hydrogen-bond donors (Lipinski definition) is 2. The van der Waals surface area contributed by atoms with Crippen LogP contribution >= 0.6 is 0 Å². The summed E-state index contributed by atoms with van der Waals surface area (Å²) in [7, 11) is 0. The van der Waals surface area contributed by atoms with Crippen molar-refractivity contribution in [3.63, 3.8) is 0 Å². The molecule has 1 aliphatic rings. The van der Waals surface area contributed by atoms with Gasteiger partial charge in [-0.25, -0.2) is 0 Å². The minimum absolute atomic E-state index is 0.220. The van der Waals surface area contributed by atoms with Crippen molar-refractivity contribution in [2.24, 2.45) is 0 Å². The second kappa shape index (κ2) is 5.71. The lowest BCUT2D eigenvalue weighted by Gasteiger charge is -2.31. The SMILES string of the molecule is CC1C(=O)NC(=O)CN1CCOc1ccc(N)cc1. The Morgan fingerprint density at radius 2 is 2.05 bits per heavy atom. The fourth-order valence-corrected chi connectivity index (χ4v) is 1.89. The molecule has 1 heterocycles. The maximum atomic E-state index is 11.5. The van der Waals surface area contributed by atoms with E-state index < -0.39 is 0 Å². The first-order chi connectivity index (χ1) is 9.06. The summed E-state index contributed by atoms with van der Waals surface area (Å²) >= 11 is 0. The first-order valence-corrected chi connectivity index (χ1v) is 6.12. The molecular weight excluding hydrogens is 246 g/mol. The van der Waals surface area contributed by atoms with Crippen molar-refractivity contribution >= 4 is 17.5 Å². The molecule has 1 fully saturated rings. The molecular formula is C13H17N3O3. The van der Waals surface area contributed by atoms with Crippen LogP contribution in [0.3, 0.4) is 0 Å². The van der Waals surface area contributed by atoms with Crippen LogP contribution in [0.4, 0.5) is 5.69 Å². The van der Waals surface area contributed by atoms with Crippen LogP contribution in [0.5, 0.6) is 5.75 Å².